The van der Waals surface area contributed by atoms with Crippen molar-refractivity contribution in [1.29, 1.82) is 0 Å². The standard InChI is InChI=1S/C17H26O2/c1-5-9-18-14-7-8-15(12(3)10-14)13(4)11-17-16(6-2)19-17/h7-8,10,13,16-17H,5-6,9,11H2,1-4H3. The normalized spacial score (nSPS) is 23.2. The molecule has 0 N–H and O–H groups in total. The van der Waals surface area contributed by atoms with Crippen LogP contribution in [0.25, 0.3) is 0 Å². The summed E-state index contributed by atoms with van der Waals surface area (Å²) >= 11 is 0. The lowest BCUT2D eigenvalue weighted by molar-refractivity contribution is 0.317. The van der Waals surface area contributed by atoms with Crippen LogP contribution in [0.5, 0.6) is 5.75 Å². The van der Waals surface area contributed by atoms with Gasteiger partial charge in [-0.3, -0.25) is 0 Å². The van der Waals surface area contributed by atoms with E-state index in [4.69, 9.17) is 9.47 Å². The van der Waals surface area contributed by atoms with E-state index in [1.165, 1.54) is 11.1 Å². The fraction of sp³-hybridized carbons (Fsp3) is 0.647. The van der Waals surface area contributed by atoms with Gasteiger partial charge in [-0.1, -0.05) is 26.8 Å². The molecular formula is C17H26O2. The monoisotopic (exact) mass is 262 g/mol. The minimum absolute atomic E-state index is 0.482. The van der Waals surface area contributed by atoms with E-state index in [1.54, 1.807) is 0 Å². The molecule has 1 fully saturated rings. The van der Waals surface area contributed by atoms with Crippen LogP contribution in [0.3, 0.4) is 0 Å². The zero-order valence-corrected chi connectivity index (χ0v) is 12.6. The summed E-state index contributed by atoms with van der Waals surface area (Å²) in [6.07, 6.45) is 4.31. The number of ether oxygens (including phenoxy) is 2. The first kappa shape index (κ1) is 14.4. The van der Waals surface area contributed by atoms with Crippen LogP contribution in [0, 0.1) is 6.92 Å². The van der Waals surface area contributed by atoms with Crippen molar-refractivity contribution in [2.75, 3.05) is 6.61 Å². The molecule has 1 aromatic rings. The molecule has 0 radical (unpaired) electrons. The van der Waals surface area contributed by atoms with E-state index in [-0.39, 0.29) is 0 Å². The number of epoxide rings is 1. The lowest BCUT2D eigenvalue weighted by Gasteiger charge is -2.15. The highest BCUT2D eigenvalue weighted by Gasteiger charge is 2.37. The molecule has 1 aliphatic heterocycles. The van der Waals surface area contributed by atoms with Gasteiger partial charge in [0.05, 0.1) is 18.8 Å². The van der Waals surface area contributed by atoms with E-state index in [0.29, 0.717) is 18.1 Å². The van der Waals surface area contributed by atoms with Crippen LogP contribution in [0.2, 0.25) is 0 Å². The molecule has 0 saturated carbocycles. The Hall–Kier alpha value is -1.02. The number of rotatable bonds is 7. The molecule has 1 aromatic carbocycles. The average Bonchev–Trinajstić information content (AvgIpc) is 3.14. The van der Waals surface area contributed by atoms with Crippen molar-refractivity contribution in [1.82, 2.24) is 0 Å². The lowest BCUT2D eigenvalue weighted by atomic mass is 9.91. The second kappa shape index (κ2) is 6.42. The minimum Gasteiger partial charge on any atom is -0.494 e. The first-order valence-electron chi connectivity index (χ1n) is 7.54. The van der Waals surface area contributed by atoms with Crippen LogP contribution in [-0.4, -0.2) is 18.8 Å². The van der Waals surface area contributed by atoms with E-state index in [9.17, 15) is 0 Å². The van der Waals surface area contributed by atoms with Gasteiger partial charge in [0, 0.05) is 0 Å². The Bertz CT molecular complexity index is 414. The predicted octanol–water partition coefficient (Wildman–Crippen LogP) is 4.45. The zero-order chi connectivity index (χ0) is 13.8. The molecule has 1 aliphatic rings. The summed E-state index contributed by atoms with van der Waals surface area (Å²) in [5, 5.41) is 0. The first-order chi connectivity index (χ1) is 9.15. The zero-order valence-electron chi connectivity index (χ0n) is 12.6. The maximum absolute atomic E-state index is 5.67. The maximum atomic E-state index is 5.67. The van der Waals surface area contributed by atoms with Gasteiger partial charge in [0.25, 0.3) is 0 Å². The molecule has 2 rings (SSSR count). The van der Waals surface area contributed by atoms with E-state index in [0.717, 1.165) is 31.6 Å². The molecular weight excluding hydrogens is 236 g/mol. The summed E-state index contributed by atoms with van der Waals surface area (Å²) in [6, 6.07) is 6.47. The molecule has 1 saturated heterocycles. The van der Waals surface area contributed by atoms with Crippen molar-refractivity contribution < 1.29 is 9.47 Å². The largest absolute Gasteiger partial charge is 0.494 e. The third kappa shape index (κ3) is 3.73. The average molecular weight is 262 g/mol. The van der Waals surface area contributed by atoms with Crippen LogP contribution < -0.4 is 4.74 Å². The second-order valence-electron chi connectivity index (χ2n) is 5.62. The number of hydrogen-bond donors (Lipinski definition) is 0. The smallest absolute Gasteiger partial charge is 0.119 e. The number of benzene rings is 1. The molecule has 0 bridgehead atoms. The number of aryl methyl sites for hydroxylation is 1. The molecule has 2 nitrogen and oxygen atoms in total. The summed E-state index contributed by atoms with van der Waals surface area (Å²) in [5.41, 5.74) is 2.75. The lowest BCUT2D eigenvalue weighted by Crippen LogP contribution is -2.03. The van der Waals surface area contributed by atoms with Gasteiger partial charge in [0.2, 0.25) is 0 Å². The minimum atomic E-state index is 0.482. The Labute approximate surface area is 117 Å². The summed E-state index contributed by atoms with van der Waals surface area (Å²) in [5.74, 6) is 1.55. The Morgan fingerprint density at radius 1 is 1.26 bits per heavy atom. The Balaban J connectivity index is 1.95. The van der Waals surface area contributed by atoms with Crippen LogP contribution in [-0.2, 0) is 4.74 Å². The van der Waals surface area contributed by atoms with Crippen molar-refractivity contribution in [3.05, 3.63) is 29.3 Å². The van der Waals surface area contributed by atoms with Crippen LogP contribution in [0.1, 0.15) is 57.1 Å². The van der Waals surface area contributed by atoms with Crippen molar-refractivity contribution in [2.24, 2.45) is 0 Å². The van der Waals surface area contributed by atoms with Crippen molar-refractivity contribution in [2.45, 2.75) is 65.1 Å². The molecule has 19 heavy (non-hydrogen) atoms. The summed E-state index contributed by atoms with van der Waals surface area (Å²) < 4.78 is 11.3. The number of hydrogen-bond acceptors (Lipinski definition) is 2. The van der Waals surface area contributed by atoms with Crippen molar-refractivity contribution in [3.63, 3.8) is 0 Å². The third-order valence-electron chi connectivity index (χ3n) is 3.92. The van der Waals surface area contributed by atoms with Crippen LogP contribution in [0.15, 0.2) is 18.2 Å². The Morgan fingerprint density at radius 2 is 2.05 bits per heavy atom. The highest BCUT2D eigenvalue weighted by Crippen LogP contribution is 2.35. The van der Waals surface area contributed by atoms with Gasteiger partial charge in [0.1, 0.15) is 5.75 Å². The maximum Gasteiger partial charge on any atom is 0.119 e. The molecule has 106 valence electrons. The highest BCUT2D eigenvalue weighted by molar-refractivity contribution is 5.36. The third-order valence-corrected chi connectivity index (χ3v) is 3.92. The molecule has 2 heteroatoms. The SMILES string of the molecule is CCCOc1ccc(C(C)CC2OC2CC)c(C)c1. The van der Waals surface area contributed by atoms with Gasteiger partial charge in [-0.05, 0) is 55.4 Å². The summed E-state index contributed by atoms with van der Waals surface area (Å²) in [4.78, 5) is 0. The molecule has 3 atom stereocenters. The van der Waals surface area contributed by atoms with Gasteiger partial charge >= 0.3 is 0 Å². The van der Waals surface area contributed by atoms with E-state index in [1.807, 2.05) is 0 Å². The molecule has 3 unspecified atom stereocenters. The summed E-state index contributed by atoms with van der Waals surface area (Å²) in [7, 11) is 0. The fourth-order valence-electron chi connectivity index (χ4n) is 2.73. The van der Waals surface area contributed by atoms with E-state index in [2.05, 4.69) is 45.9 Å². The first-order valence-corrected chi connectivity index (χ1v) is 7.54. The Morgan fingerprint density at radius 3 is 2.63 bits per heavy atom. The van der Waals surface area contributed by atoms with Gasteiger partial charge in [-0.2, -0.15) is 0 Å². The predicted molar refractivity (Wildman–Crippen MR) is 78.9 cm³/mol. The van der Waals surface area contributed by atoms with Crippen molar-refractivity contribution in [3.8, 4) is 5.75 Å². The van der Waals surface area contributed by atoms with E-state index >= 15 is 0 Å². The van der Waals surface area contributed by atoms with Crippen LogP contribution in [0.4, 0.5) is 0 Å². The highest BCUT2D eigenvalue weighted by atomic mass is 16.6. The second-order valence-corrected chi connectivity index (χ2v) is 5.62. The molecule has 0 aromatic heterocycles. The van der Waals surface area contributed by atoms with E-state index < -0.39 is 0 Å². The van der Waals surface area contributed by atoms with Gasteiger partial charge in [0.15, 0.2) is 0 Å². The fourth-order valence-corrected chi connectivity index (χ4v) is 2.73. The topological polar surface area (TPSA) is 21.8 Å². The Kier molecular flexibility index (Phi) is 4.87. The molecule has 1 heterocycles. The van der Waals surface area contributed by atoms with Gasteiger partial charge in [-0.15, -0.1) is 0 Å². The quantitative estimate of drug-likeness (QED) is 0.677. The van der Waals surface area contributed by atoms with Gasteiger partial charge < -0.3 is 9.47 Å². The van der Waals surface area contributed by atoms with Crippen molar-refractivity contribution >= 4 is 0 Å². The molecule has 0 spiro atoms. The van der Waals surface area contributed by atoms with Crippen LogP contribution >= 0.6 is 0 Å². The van der Waals surface area contributed by atoms with Gasteiger partial charge in [-0.25, -0.2) is 0 Å². The molecule has 0 aliphatic carbocycles. The summed E-state index contributed by atoms with van der Waals surface area (Å²) in [6.45, 7) is 9.59. The molecule has 0 amide bonds.